The molecule has 1 aliphatic rings. The van der Waals surface area contributed by atoms with E-state index >= 15 is 0 Å². The lowest BCUT2D eigenvalue weighted by molar-refractivity contribution is 0.0695. The summed E-state index contributed by atoms with van der Waals surface area (Å²) in [5, 5.41) is 12.9. The quantitative estimate of drug-likeness (QED) is 0.834. The van der Waals surface area contributed by atoms with Crippen LogP contribution in [0, 0.1) is 0 Å². The molecule has 4 heteroatoms. The van der Waals surface area contributed by atoms with E-state index in [2.05, 4.69) is 5.32 Å². The van der Waals surface area contributed by atoms with Crippen LogP contribution in [0.2, 0.25) is 5.02 Å². The Labute approximate surface area is 99.4 Å². The van der Waals surface area contributed by atoms with Crippen LogP contribution in [0.1, 0.15) is 34.7 Å². The summed E-state index contributed by atoms with van der Waals surface area (Å²) in [4.78, 5) is 11.1. The Morgan fingerprint density at radius 1 is 1.38 bits per heavy atom. The van der Waals surface area contributed by atoms with E-state index in [9.17, 15) is 4.79 Å². The Bertz CT molecular complexity index is 400. The van der Waals surface area contributed by atoms with Crippen molar-refractivity contribution in [3.8, 4) is 0 Å². The van der Waals surface area contributed by atoms with Crippen LogP contribution in [-0.4, -0.2) is 24.2 Å². The van der Waals surface area contributed by atoms with Crippen molar-refractivity contribution < 1.29 is 9.90 Å². The van der Waals surface area contributed by atoms with Gasteiger partial charge in [0.15, 0.2) is 0 Å². The largest absolute Gasteiger partial charge is 0.478 e. The van der Waals surface area contributed by atoms with E-state index in [4.69, 9.17) is 16.7 Å². The summed E-state index contributed by atoms with van der Waals surface area (Å²) < 4.78 is 0. The third-order valence-corrected chi connectivity index (χ3v) is 3.26. The molecule has 0 aromatic heterocycles. The van der Waals surface area contributed by atoms with Crippen molar-refractivity contribution in [2.24, 2.45) is 0 Å². The van der Waals surface area contributed by atoms with Gasteiger partial charge < -0.3 is 10.4 Å². The Balaban J connectivity index is 2.34. The van der Waals surface area contributed by atoms with E-state index in [0.717, 1.165) is 31.5 Å². The van der Waals surface area contributed by atoms with Crippen molar-refractivity contribution in [1.82, 2.24) is 5.32 Å². The van der Waals surface area contributed by atoms with E-state index in [1.165, 1.54) is 0 Å². The van der Waals surface area contributed by atoms with Gasteiger partial charge in [0.2, 0.25) is 0 Å². The second-order valence-corrected chi connectivity index (χ2v) is 4.50. The molecule has 0 bridgehead atoms. The lowest BCUT2D eigenvalue weighted by Crippen LogP contribution is -2.27. The number of carboxylic acid groups (broad SMARTS) is 1. The fraction of sp³-hybridized carbons (Fsp3) is 0.417. The van der Waals surface area contributed by atoms with Gasteiger partial charge >= 0.3 is 5.97 Å². The van der Waals surface area contributed by atoms with E-state index in [0.29, 0.717) is 16.5 Å². The molecule has 0 radical (unpaired) electrons. The van der Waals surface area contributed by atoms with Crippen LogP contribution in [0.25, 0.3) is 0 Å². The molecule has 1 aromatic carbocycles. The van der Waals surface area contributed by atoms with E-state index < -0.39 is 5.97 Å². The summed E-state index contributed by atoms with van der Waals surface area (Å²) in [5.74, 6) is -0.555. The predicted molar refractivity (Wildman–Crippen MR) is 63.3 cm³/mol. The van der Waals surface area contributed by atoms with Crippen LogP contribution < -0.4 is 5.32 Å². The van der Waals surface area contributed by atoms with Gasteiger partial charge in [0.25, 0.3) is 0 Å². The first-order chi connectivity index (χ1) is 7.68. The molecule has 1 aliphatic heterocycles. The molecule has 0 spiro atoms. The number of hydrogen-bond donors (Lipinski definition) is 2. The summed E-state index contributed by atoms with van der Waals surface area (Å²) in [6, 6.07) is 5.16. The zero-order valence-electron chi connectivity index (χ0n) is 8.87. The van der Waals surface area contributed by atoms with Crippen LogP contribution in [-0.2, 0) is 0 Å². The molecule has 0 atom stereocenters. The predicted octanol–water partition coefficient (Wildman–Crippen LogP) is 2.51. The number of piperidine rings is 1. The van der Waals surface area contributed by atoms with Gasteiger partial charge in [0.1, 0.15) is 0 Å². The van der Waals surface area contributed by atoms with E-state index in [-0.39, 0.29) is 0 Å². The minimum Gasteiger partial charge on any atom is -0.478 e. The lowest BCUT2D eigenvalue weighted by Gasteiger charge is -2.24. The standard InChI is InChI=1S/C12H14ClNO2/c13-9-1-2-10(11(7-9)12(15)16)8-3-5-14-6-4-8/h1-2,7-8,14H,3-6H2,(H,15,16). The zero-order valence-corrected chi connectivity index (χ0v) is 9.63. The monoisotopic (exact) mass is 239 g/mol. The molecular formula is C12H14ClNO2. The molecule has 1 heterocycles. The van der Waals surface area contributed by atoms with Crippen molar-refractivity contribution in [2.45, 2.75) is 18.8 Å². The molecule has 2 rings (SSSR count). The Hall–Kier alpha value is -1.06. The number of hydrogen-bond acceptors (Lipinski definition) is 2. The smallest absolute Gasteiger partial charge is 0.336 e. The average molecular weight is 240 g/mol. The van der Waals surface area contributed by atoms with E-state index in [1.54, 1.807) is 12.1 Å². The highest BCUT2D eigenvalue weighted by molar-refractivity contribution is 6.31. The van der Waals surface area contributed by atoms with Gasteiger partial charge in [-0.25, -0.2) is 4.79 Å². The first-order valence-electron chi connectivity index (χ1n) is 5.42. The third kappa shape index (κ3) is 2.36. The van der Waals surface area contributed by atoms with Crippen molar-refractivity contribution >= 4 is 17.6 Å². The Kier molecular flexibility index (Phi) is 3.46. The van der Waals surface area contributed by atoms with Crippen LogP contribution >= 0.6 is 11.6 Å². The lowest BCUT2D eigenvalue weighted by atomic mass is 9.87. The minimum atomic E-state index is -0.893. The van der Waals surface area contributed by atoms with Crippen LogP contribution in [0.3, 0.4) is 0 Å². The number of benzene rings is 1. The molecule has 0 unspecified atom stereocenters. The molecule has 86 valence electrons. The van der Waals surface area contributed by atoms with Crippen LogP contribution in [0.4, 0.5) is 0 Å². The van der Waals surface area contributed by atoms with Gasteiger partial charge in [-0.1, -0.05) is 17.7 Å². The van der Waals surface area contributed by atoms with E-state index in [1.807, 2.05) is 6.07 Å². The molecule has 0 saturated carbocycles. The third-order valence-electron chi connectivity index (χ3n) is 3.02. The minimum absolute atomic E-state index is 0.338. The summed E-state index contributed by atoms with van der Waals surface area (Å²) in [7, 11) is 0. The highest BCUT2D eigenvalue weighted by Gasteiger charge is 2.21. The van der Waals surface area contributed by atoms with Crippen LogP contribution in [0.5, 0.6) is 0 Å². The Morgan fingerprint density at radius 3 is 2.69 bits per heavy atom. The molecule has 0 amide bonds. The highest BCUT2D eigenvalue weighted by atomic mass is 35.5. The number of nitrogens with one attached hydrogen (secondary N) is 1. The number of carbonyl (C=O) groups is 1. The molecule has 1 saturated heterocycles. The SMILES string of the molecule is O=C(O)c1cc(Cl)ccc1C1CCNCC1. The Morgan fingerprint density at radius 2 is 2.06 bits per heavy atom. The normalized spacial score (nSPS) is 17.3. The molecule has 1 aromatic rings. The van der Waals surface area contributed by atoms with Crippen molar-refractivity contribution in [3.63, 3.8) is 0 Å². The molecular weight excluding hydrogens is 226 g/mol. The molecule has 3 nitrogen and oxygen atoms in total. The average Bonchev–Trinajstić information content (AvgIpc) is 2.30. The first-order valence-corrected chi connectivity index (χ1v) is 5.79. The summed E-state index contributed by atoms with van der Waals surface area (Å²) in [5.41, 5.74) is 1.26. The van der Waals surface area contributed by atoms with Gasteiger partial charge in [-0.05, 0) is 49.5 Å². The number of carboxylic acids is 1. The number of aromatic carboxylic acids is 1. The highest BCUT2D eigenvalue weighted by Crippen LogP contribution is 2.29. The van der Waals surface area contributed by atoms with Gasteiger partial charge in [0.05, 0.1) is 5.56 Å². The molecule has 16 heavy (non-hydrogen) atoms. The second-order valence-electron chi connectivity index (χ2n) is 4.06. The number of halogens is 1. The second kappa shape index (κ2) is 4.85. The van der Waals surface area contributed by atoms with Gasteiger partial charge in [0, 0.05) is 5.02 Å². The number of rotatable bonds is 2. The van der Waals surface area contributed by atoms with Crippen molar-refractivity contribution in [1.29, 1.82) is 0 Å². The maximum Gasteiger partial charge on any atom is 0.336 e. The van der Waals surface area contributed by atoms with Crippen molar-refractivity contribution in [3.05, 3.63) is 34.3 Å². The fourth-order valence-corrected chi connectivity index (χ4v) is 2.37. The van der Waals surface area contributed by atoms with Gasteiger partial charge in [-0.15, -0.1) is 0 Å². The topological polar surface area (TPSA) is 49.3 Å². The molecule has 2 N–H and O–H groups in total. The summed E-state index contributed by atoms with van der Waals surface area (Å²) >= 11 is 5.82. The molecule has 0 aliphatic carbocycles. The molecule has 1 fully saturated rings. The first kappa shape index (κ1) is 11.4. The summed E-state index contributed by atoms with van der Waals surface area (Å²) in [6.07, 6.45) is 1.98. The van der Waals surface area contributed by atoms with Crippen LogP contribution in [0.15, 0.2) is 18.2 Å². The van der Waals surface area contributed by atoms with Gasteiger partial charge in [-0.2, -0.15) is 0 Å². The fourth-order valence-electron chi connectivity index (χ4n) is 2.20. The maximum absolute atomic E-state index is 11.1. The van der Waals surface area contributed by atoms with Gasteiger partial charge in [-0.3, -0.25) is 0 Å². The zero-order chi connectivity index (χ0) is 11.5. The van der Waals surface area contributed by atoms with Crippen molar-refractivity contribution in [2.75, 3.05) is 13.1 Å². The summed E-state index contributed by atoms with van der Waals surface area (Å²) in [6.45, 7) is 1.90. The maximum atomic E-state index is 11.1.